The summed E-state index contributed by atoms with van der Waals surface area (Å²) in [6, 6.07) is 7.21. The third-order valence-corrected chi connectivity index (χ3v) is 4.25. The number of H-pyrrole nitrogens is 1. The van der Waals surface area contributed by atoms with Crippen LogP contribution in [-0.4, -0.2) is 52.7 Å². The van der Waals surface area contributed by atoms with Gasteiger partial charge in [-0.2, -0.15) is 0 Å². The van der Waals surface area contributed by atoms with Gasteiger partial charge in [0.15, 0.2) is 6.04 Å². The minimum absolute atomic E-state index is 0.0729. The van der Waals surface area contributed by atoms with Crippen LogP contribution in [-0.2, 0) is 20.7 Å². The Morgan fingerprint density at radius 1 is 1.35 bits per heavy atom. The van der Waals surface area contributed by atoms with Crippen LogP contribution < -0.4 is 0 Å². The van der Waals surface area contributed by atoms with E-state index in [1.807, 2.05) is 24.4 Å². The molecule has 1 aromatic heterocycles. The van der Waals surface area contributed by atoms with Gasteiger partial charge in [-0.15, -0.1) is 0 Å². The number of morpholine rings is 1. The van der Waals surface area contributed by atoms with Gasteiger partial charge in [-0.3, -0.25) is 4.79 Å². The Labute approximate surface area is 134 Å². The molecule has 1 aliphatic rings. The fourth-order valence-corrected chi connectivity index (χ4v) is 3.02. The Kier molecular flexibility index (Phi) is 4.62. The van der Waals surface area contributed by atoms with E-state index < -0.39 is 12.0 Å². The average molecular weight is 316 g/mol. The van der Waals surface area contributed by atoms with Crippen LogP contribution in [0.2, 0.25) is 0 Å². The lowest BCUT2D eigenvalue weighted by molar-refractivity contribution is -0.158. The molecule has 3 rings (SSSR count). The molecule has 6 nitrogen and oxygen atoms in total. The molecule has 0 spiro atoms. The number of amides is 1. The zero-order valence-electron chi connectivity index (χ0n) is 12.8. The first-order valence-corrected chi connectivity index (χ1v) is 7.82. The summed E-state index contributed by atoms with van der Waals surface area (Å²) in [4.78, 5) is 28.2. The van der Waals surface area contributed by atoms with Gasteiger partial charge >= 0.3 is 5.97 Å². The van der Waals surface area contributed by atoms with Gasteiger partial charge in [-0.05, 0) is 24.5 Å². The van der Waals surface area contributed by atoms with Crippen molar-refractivity contribution in [3.63, 3.8) is 0 Å². The van der Waals surface area contributed by atoms with Crippen molar-refractivity contribution < 1.29 is 19.4 Å². The number of para-hydroxylation sites is 1. The molecule has 1 aromatic carbocycles. The summed E-state index contributed by atoms with van der Waals surface area (Å²) in [5.41, 5.74) is 2.28. The molecule has 0 radical (unpaired) electrons. The minimum atomic E-state index is -1.00. The van der Waals surface area contributed by atoms with Gasteiger partial charge in [-0.25, -0.2) is 4.79 Å². The Bertz CT molecular complexity index is 709. The molecule has 0 bridgehead atoms. The molecule has 2 heterocycles. The zero-order valence-corrected chi connectivity index (χ0v) is 12.8. The zero-order chi connectivity index (χ0) is 16.2. The van der Waals surface area contributed by atoms with Crippen LogP contribution in [0.25, 0.3) is 10.9 Å². The first-order chi connectivity index (χ1) is 11.2. The van der Waals surface area contributed by atoms with Crippen LogP contribution in [0.5, 0.6) is 0 Å². The summed E-state index contributed by atoms with van der Waals surface area (Å²) >= 11 is 0. The number of carboxylic acids is 1. The molecule has 0 aliphatic carbocycles. The number of aryl methyl sites for hydroxylation is 1. The normalized spacial score (nSPS) is 18.3. The minimum Gasteiger partial charge on any atom is -0.480 e. The van der Waals surface area contributed by atoms with E-state index in [0.29, 0.717) is 26.0 Å². The molecule has 23 heavy (non-hydrogen) atoms. The molecule has 122 valence electrons. The van der Waals surface area contributed by atoms with E-state index in [2.05, 4.69) is 11.1 Å². The first-order valence-electron chi connectivity index (χ1n) is 7.82. The predicted molar refractivity (Wildman–Crippen MR) is 85.2 cm³/mol. The summed E-state index contributed by atoms with van der Waals surface area (Å²) in [6.45, 7) is 0.824. The maximum Gasteiger partial charge on any atom is 0.328 e. The van der Waals surface area contributed by atoms with Crippen molar-refractivity contribution in [2.75, 3.05) is 19.8 Å². The highest BCUT2D eigenvalue weighted by atomic mass is 16.5. The van der Waals surface area contributed by atoms with Crippen LogP contribution in [0.1, 0.15) is 18.4 Å². The molecule has 1 atom stereocenters. The van der Waals surface area contributed by atoms with Gasteiger partial charge in [0.05, 0.1) is 13.2 Å². The van der Waals surface area contributed by atoms with E-state index in [1.165, 1.54) is 15.8 Å². The van der Waals surface area contributed by atoms with Crippen LogP contribution in [0.3, 0.4) is 0 Å². The SMILES string of the molecule is O=C(O)C1COCCN1C(=O)CCCc1c[nH]c2ccccc12. The number of rotatable bonds is 5. The number of nitrogens with one attached hydrogen (secondary N) is 1. The van der Waals surface area contributed by atoms with Crippen molar-refractivity contribution in [2.24, 2.45) is 0 Å². The second-order valence-electron chi connectivity index (χ2n) is 5.73. The molecule has 1 saturated heterocycles. The largest absolute Gasteiger partial charge is 0.480 e. The molecule has 1 amide bonds. The number of hydrogen-bond acceptors (Lipinski definition) is 3. The molecule has 2 N–H and O–H groups in total. The highest BCUT2D eigenvalue weighted by Crippen LogP contribution is 2.20. The number of aliphatic carboxylic acids is 1. The van der Waals surface area contributed by atoms with Crippen molar-refractivity contribution >= 4 is 22.8 Å². The van der Waals surface area contributed by atoms with Crippen molar-refractivity contribution in [3.8, 4) is 0 Å². The number of fused-ring (bicyclic) bond motifs is 1. The fraction of sp³-hybridized carbons (Fsp3) is 0.412. The molecular weight excluding hydrogens is 296 g/mol. The van der Waals surface area contributed by atoms with Crippen LogP contribution in [0.15, 0.2) is 30.5 Å². The molecule has 0 saturated carbocycles. The maximum absolute atomic E-state index is 12.3. The number of carboxylic acid groups (broad SMARTS) is 1. The van der Waals surface area contributed by atoms with Gasteiger partial charge in [0, 0.05) is 30.1 Å². The maximum atomic E-state index is 12.3. The van der Waals surface area contributed by atoms with E-state index in [-0.39, 0.29) is 12.5 Å². The topological polar surface area (TPSA) is 82.6 Å². The Morgan fingerprint density at radius 2 is 2.17 bits per heavy atom. The van der Waals surface area contributed by atoms with Gasteiger partial charge in [0.1, 0.15) is 0 Å². The van der Waals surface area contributed by atoms with Crippen molar-refractivity contribution in [1.82, 2.24) is 9.88 Å². The van der Waals surface area contributed by atoms with E-state index in [9.17, 15) is 14.7 Å². The van der Waals surface area contributed by atoms with E-state index in [4.69, 9.17) is 4.74 Å². The van der Waals surface area contributed by atoms with Crippen molar-refractivity contribution in [2.45, 2.75) is 25.3 Å². The third-order valence-electron chi connectivity index (χ3n) is 4.25. The molecule has 6 heteroatoms. The number of carbonyl (C=O) groups excluding carboxylic acids is 1. The number of ether oxygens (including phenoxy) is 1. The number of carbonyl (C=O) groups is 2. The van der Waals surface area contributed by atoms with Crippen LogP contribution in [0, 0.1) is 0 Å². The third kappa shape index (κ3) is 3.37. The second kappa shape index (κ2) is 6.83. The molecule has 1 fully saturated rings. The number of nitrogens with zero attached hydrogens (tertiary/aromatic N) is 1. The fourth-order valence-electron chi connectivity index (χ4n) is 3.02. The number of aromatic nitrogens is 1. The van der Waals surface area contributed by atoms with Gasteiger partial charge in [-0.1, -0.05) is 18.2 Å². The van der Waals surface area contributed by atoms with Crippen LogP contribution in [0.4, 0.5) is 0 Å². The summed E-state index contributed by atoms with van der Waals surface area (Å²) in [7, 11) is 0. The Hall–Kier alpha value is -2.34. The smallest absolute Gasteiger partial charge is 0.328 e. The lowest BCUT2D eigenvalue weighted by atomic mass is 10.1. The molecule has 1 aliphatic heterocycles. The first kappa shape index (κ1) is 15.6. The quantitative estimate of drug-likeness (QED) is 0.881. The lowest BCUT2D eigenvalue weighted by Crippen LogP contribution is -2.52. The summed E-state index contributed by atoms with van der Waals surface area (Å²) in [5.74, 6) is -1.12. The van der Waals surface area contributed by atoms with Crippen molar-refractivity contribution in [1.29, 1.82) is 0 Å². The predicted octanol–water partition coefficient (Wildman–Crippen LogP) is 1.80. The second-order valence-corrected chi connectivity index (χ2v) is 5.73. The van der Waals surface area contributed by atoms with E-state index in [1.54, 1.807) is 0 Å². The standard InChI is InChI=1S/C17H20N2O4/c20-16(19-8-9-23-11-15(19)17(21)22)7-3-4-12-10-18-14-6-2-1-5-13(12)14/h1-2,5-6,10,15,18H,3-4,7-9,11H2,(H,21,22). The summed E-state index contributed by atoms with van der Waals surface area (Å²) in [6.07, 6.45) is 3.81. The van der Waals surface area contributed by atoms with Gasteiger partial charge in [0.2, 0.25) is 5.91 Å². The highest BCUT2D eigenvalue weighted by molar-refractivity contribution is 5.84. The lowest BCUT2D eigenvalue weighted by Gasteiger charge is -2.32. The number of benzene rings is 1. The molecular formula is C17H20N2O4. The number of aromatic amines is 1. The highest BCUT2D eigenvalue weighted by Gasteiger charge is 2.32. The number of hydrogen-bond donors (Lipinski definition) is 2. The average Bonchev–Trinajstić information content (AvgIpc) is 2.98. The molecule has 2 aromatic rings. The monoisotopic (exact) mass is 316 g/mol. The van der Waals surface area contributed by atoms with E-state index in [0.717, 1.165) is 11.9 Å². The van der Waals surface area contributed by atoms with Crippen molar-refractivity contribution in [3.05, 3.63) is 36.0 Å². The van der Waals surface area contributed by atoms with Gasteiger partial charge < -0.3 is 19.7 Å². The summed E-state index contributed by atoms with van der Waals surface area (Å²) in [5, 5.41) is 10.3. The summed E-state index contributed by atoms with van der Waals surface area (Å²) < 4.78 is 5.16. The Morgan fingerprint density at radius 3 is 3.00 bits per heavy atom. The van der Waals surface area contributed by atoms with Gasteiger partial charge in [0.25, 0.3) is 0 Å². The Balaban J connectivity index is 1.57. The molecule has 1 unspecified atom stereocenters. The van der Waals surface area contributed by atoms with E-state index >= 15 is 0 Å². The van der Waals surface area contributed by atoms with Crippen LogP contribution >= 0.6 is 0 Å².